The minimum atomic E-state index is -1.18. The molecule has 0 aliphatic carbocycles. The van der Waals surface area contributed by atoms with Crippen molar-refractivity contribution in [2.45, 2.75) is 6.92 Å². The Balaban J connectivity index is 2.50. The van der Waals surface area contributed by atoms with E-state index in [4.69, 9.17) is 5.11 Å². The summed E-state index contributed by atoms with van der Waals surface area (Å²) >= 11 is 0. The van der Waals surface area contributed by atoms with Crippen molar-refractivity contribution >= 4 is 5.97 Å². The maximum Gasteiger partial charge on any atom is 0.356 e. The summed E-state index contributed by atoms with van der Waals surface area (Å²) < 4.78 is 14.8. The van der Waals surface area contributed by atoms with Gasteiger partial charge in [0.15, 0.2) is 17.3 Å². The van der Waals surface area contributed by atoms with Crippen molar-refractivity contribution in [3.63, 3.8) is 0 Å². The molecule has 0 radical (unpaired) electrons. The SMILES string of the molecule is Cc1ncnc(-n2cnc(C(=O)O)c2)c1F. The minimum Gasteiger partial charge on any atom is -0.476 e. The fourth-order valence-electron chi connectivity index (χ4n) is 1.17. The Morgan fingerprint density at radius 1 is 1.44 bits per heavy atom. The van der Waals surface area contributed by atoms with Gasteiger partial charge in [-0.25, -0.2) is 24.1 Å². The topological polar surface area (TPSA) is 80.9 Å². The van der Waals surface area contributed by atoms with Gasteiger partial charge in [0.25, 0.3) is 0 Å². The summed E-state index contributed by atoms with van der Waals surface area (Å²) in [5.41, 5.74) is 0.0197. The number of carboxylic acid groups (broad SMARTS) is 1. The van der Waals surface area contributed by atoms with E-state index in [1.165, 1.54) is 30.3 Å². The first-order chi connectivity index (χ1) is 7.59. The number of carboxylic acids is 1. The number of carbonyl (C=O) groups is 1. The Morgan fingerprint density at radius 2 is 2.19 bits per heavy atom. The highest BCUT2D eigenvalue weighted by molar-refractivity contribution is 5.85. The van der Waals surface area contributed by atoms with Gasteiger partial charge < -0.3 is 5.11 Å². The molecule has 0 aliphatic rings. The van der Waals surface area contributed by atoms with Gasteiger partial charge in [0, 0.05) is 6.20 Å². The molecule has 2 rings (SSSR count). The molecule has 1 N–H and O–H groups in total. The first-order valence-electron chi connectivity index (χ1n) is 4.34. The molecule has 7 heteroatoms. The number of nitrogens with zero attached hydrogens (tertiary/aromatic N) is 4. The zero-order valence-electron chi connectivity index (χ0n) is 8.25. The number of hydrogen-bond acceptors (Lipinski definition) is 4. The van der Waals surface area contributed by atoms with E-state index < -0.39 is 11.8 Å². The molecule has 0 bridgehead atoms. The average Bonchev–Trinajstić information content (AvgIpc) is 2.71. The highest BCUT2D eigenvalue weighted by Crippen LogP contribution is 2.12. The molecular weight excluding hydrogens is 215 g/mol. The lowest BCUT2D eigenvalue weighted by Crippen LogP contribution is -2.02. The molecule has 2 aromatic rings. The second kappa shape index (κ2) is 3.69. The fourth-order valence-corrected chi connectivity index (χ4v) is 1.17. The van der Waals surface area contributed by atoms with E-state index in [1.807, 2.05) is 0 Å². The second-order valence-corrected chi connectivity index (χ2v) is 3.07. The molecule has 0 aliphatic heterocycles. The van der Waals surface area contributed by atoms with Crippen LogP contribution in [0.1, 0.15) is 16.2 Å². The van der Waals surface area contributed by atoms with Gasteiger partial charge in [-0.3, -0.25) is 4.57 Å². The predicted molar refractivity (Wildman–Crippen MR) is 50.8 cm³/mol. The zero-order chi connectivity index (χ0) is 11.7. The van der Waals surface area contributed by atoms with Crippen LogP contribution in [-0.4, -0.2) is 30.6 Å². The Bertz CT molecular complexity index is 552. The van der Waals surface area contributed by atoms with E-state index in [0.717, 1.165) is 0 Å². The third-order valence-corrected chi connectivity index (χ3v) is 1.99. The second-order valence-electron chi connectivity index (χ2n) is 3.07. The monoisotopic (exact) mass is 222 g/mol. The van der Waals surface area contributed by atoms with Gasteiger partial charge in [0.2, 0.25) is 0 Å². The van der Waals surface area contributed by atoms with Crippen LogP contribution in [0.4, 0.5) is 4.39 Å². The molecule has 6 nitrogen and oxygen atoms in total. The number of halogens is 1. The summed E-state index contributed by atoms with van der Waals surface area (Å²) in [6.45, 7) is 1.50. The van der Waals surface area contributed by atoms with Crippen LogP contribution in [-0.2, 0) is 0 Å². The van der Waals surface area contributed by atoms with E-state index >= 15 is 0 Å². The van der Waals surface area contributed by atoms with E-state index in [-0.39, 0.29) is 17.2 Å². The molecule has 0 fully saturated rings. The molecule has 0 saturated carbocycles. The number of aromatic nitrogens is 4. The van der Waals surface area contributed by atoms with Gasteiger partial charge in [-0.1, -0.05) is 0 Å². The lowest BCUT2D eigenvalue weighted by atomic mass is 10.4. The number of rotatable bonds is 2. The first-order valence-corrected chi connectivity index (χ1v) is 4.34. The molecular formula is C9H7FN4O2. The quantitative estimate of drug-likeness (QED) is 0.813. The molecule has 0 saturated heterocycles. The molecule has 0 spiro atoms. The van der Waals surface area contributed by atoms with Crippen LogP contribution in [0.5, 0.6) is 0 Å². The van der Waals surface area contributed by atoms with Crippen LogP contribution in [0, 0.1) is 12.7 Å². The summed E-state index contributed by atoms with van der Waals surface area (Å²) in [6.07, 6.45) is 3.58. The van der Waals surface area contributed by atoms with Crippen molar-refractivity contribution in [1.29, 1.82) is 0 Å². The van der Waals surface area contributed by atoms with Gasteiger partial charge in [0.1, 0.15) is 12.7 Å². The largest absolute Gasteiger partial charge is 0.476 e. The summed E-state index contributed by atoms with van der Waals surface area (Å²) in [5, 5.41) is 8.67. The molecule has 0 amide bonds. The maximum atomic E-state index is 13.6. The van der Waals surface area contributed by atoms with Crippen molar-refractivity contribution in [3.05, 3.63) is 36.1 Å². The molecule has 0 aromatic carbocycles. The molecule has 2 aromatic heterocycles. The van der Waals surface area contributed by atoms with Crippen LogP contribution in [0.15, 0.2) is 18.9 Å². The van der Waals surface area contributed by atoms with E-state index in [1.54, 1.807) is 0 Å². The Kier molecular flexibility index (Phi) is 2.35. The normalized spacial score (nSPS) is 10.4. The molecule has 2 heterocycles. The lowest BCUT2D eigenvalue weighted by Gasteiger charge is -2.02. The molecule has 82 valence electrons. The van der Waals surface area contributed by atoms with Crippen LogP contribution in [0.25, 0.3) is 5.82 Å². The van der Waals surface area contributed by atoms with Crippen LogP contribution < -0.4 is 0 Å². The highest BCUT2D eigenvalue weighted by atomic mass is 19.1. The summed E-state index contributed by atoms with van der Waals surface area (Å²) in [5.74, 6) is -1.80. The van der Waals surface area contributed by atoms with Crippen molar-refractivity contribution in [2.75, 3.05) is 0 Å². The van der Waals surface area contributed by atoms with E-state index in [0.29, 0.717) is 0 Å². The fraction of sp³-hybridized carbons (Fsp3) is 0.111. The number of hydrogen-bond donors (Lipinski definition) is 1. The Labute approximate surface area is 89.4 Å². The van der Waals surface area contributed by atoms with Crippen LogP contribution in [0.2, 0.25) is 0 Å². The number of aryl methyl sites for hydroxylation is 1. The predicted octanol–water partition coefficient (Wildman–Crippen LogP) is 0.808. The van der Waals surface area contributed by atoms with E-state index in [2.05, 4.69) is 15.0 Å². The summed E-state index contributed by atoms with van der Waals surface area (Å²) in [6, 6.07) is 0. The van der Waals surface area contributed by atoms with Gasteiger partial charge in [-0.2, -0.15) is 0 Å². The standard InChI is InChI=1S/C9H7FN4O2/c1-5-7(10)8(12-3-11-5)14-2-6(9(15)16)13-4-14/h2-4H,1H3,(H,15,16). The number of imidazole rings is 1. The van der Waals surface area contributed by atoms with Crippen molar-refractivity contribution < 1.29 is 14.3 Å². The minimum absolute atomic E-state index is 0.0208. The van der Waals surface area contributed by atoms with Crippen molar-refractivity contribution in [3.8, 4) is 5.82 Å². The smallest absolute Gasteiger partial charge is 0.356 e. The van der Waals surface area contributed by atoms with Crippen LogP contribution >= 0.6 is 0 Å². The first kappa shape index (κ1) is 10.2. The van der Waals surface area contributed by atoms with E-state index in [9.17, 15) is 9.18 Å². The van der Waals surface area contributed by atoms with Gasteiger partial charge in [-0.15, -0.1) is 0 Å². The van der Waals surface area contributed by atoms with Crippen LogP contribution in [0.3, 0.4) is 0 Å². The highest BCUT2D eigenvalue weighted by Gasteiger charge is 2.12. The van der Waals surface area contributed by atoms with Gasteiger partial charge >= 0.3 is 5.97 Å². The molecule has 16 heavy (non-hydrogen) atoms. The summed E-state index contributed by atoms with van der Waals surface area (Å²) in [7, 11) is 0. The summed E-state index contributed by atoms with van der Waals surface area (Å²) in [4.78, 5) is 21.6. The molecule has 0 atom stereocenters. The Morgan fingerprint density at radius 3 is 2.81 bits per heavy atom. The Hall–Kier alpha value is -2.31. The molecule has 0 unspecified atom stereocenters. The third kappa shape index (κ3) is 1.62. The van der Waals surface area contributed by atoms with Crippen molar-refractivity contribution in [2.24, 2.45) is 0 Å². The zero-order valence-corrected chi connectivity index (χ0v) is 8.25. The van der Waals surface area contributed by atoms with Gasteiger partial charge in [-0.05, 0) is 6.92 Å². The third-order valence-electron chi connectivity index (χ3n) is 1.99. The number of aromatic carboxylic acids is 1. The van der Waals surface area contributed by atoms with Gasteiger partial charge in [0.05, 0.1) is 5.69 Å². The maximum absolute atomic E-state index is 13.6. The lowest BCUT2D eigenvalue weighted by molar-refractivity contribution is 0.0691. The van der Waals surface area contributed by atoms with Crippen molar-refractivity contribution in [1.82, 2.24) is 19.5 Å². The average molecular weight is 222 g/mol.